The van der Waals surface area contributed by atoms with Crippen LogP contribution in [-0.2, 0) is 6.54 Å². The molecule has 1 heterocycles. The third kappa shape index (κ3) is 3.04. The number of rotatable bonds is 4. The van der Waals surface area contributed by atoms with Crippen LogP contribution in [0.25, 0.3) is 22.0 Å². The highest BCUT2D eigenvalue weighted by Gasteiger charge is 2.06. The van der Waals surface area contributed by atoms with Gasteiger partial charge in [0.15, 0.2) is 0 Å². The summed E-state index contributed by atoms with van der Waals surface area (Å²) in [5.41, 5.74) is 4.87. The first-order valence-corrected chi connectivity index (χ1v) is 8.17. The van der Waals surface area contributed by atoms with Gasteiger partial charge in [0.2, 0.25) is 0 Å². The second-order valence-electron chi connectivity index (χ2n) is 6.09. The third-order valence-electron chi connectivity index (χ3n) is 4.43. The van der Waals surface area contributed by atoms with Crippen molar-refractivity contribution in [1.82, 2.24) is 4.57 Å². The van der Waals surface area contributed by atoms with Gasteiger partial charge in [-0.2, -0.15) is 0 Å². The van der Waals surface area contributed by atoms with Gasteiger partial charge in [0, 0.05) is 23.6 Å². The smallest absolute Gasteiger partial charge is 0.335 e. The van der Waals surface area contributed by atoms with Crippen LogP contribution in [0.15, 0.2) is 85.1 Å². The summed E-state index contributed by atoms with van der Waals surface area (Å²) in [6.07, 6.45) is 2.11. The molecule has 0 spiro atoms. The molecule has 0 saturated heterocycles. The van der Waals surface area contributed by atoms with E-state index in [1.54, 1.807) is 12.1 Å². The summed E-state index contributed by atoms with van der Waals surface area (Å²) in [4.78, 5) is 11.0. The summed E-state index contributed by atoms with van der Waals surface area (Å²) in [5.74, 6) is -0.903. The van der Waals surface area contributed by atoms with Crippen LogP contribution in [0.5, 0.6) is 0 Å². The van der Waals surface area contributed by atoms with Gasteiger partial charge < -0.3 is 9.67 Å². The normalized spacial score (nSPS) is 10.9. The molecule has 0 radical (unpaired) electrons. The molecule has 25 heavy (non-hydrogen) atoms. The Morgan fingerprint density at radius 1 is 0.840 bits per heavy atom. The third-order valence-corrected chi connectivity index (χ3v) is 4.43. The highest BCUT2D eigenvalue weighted by atomic mass is 16.4. The van der Waals surface area contributed by atoms with Crippen LogP contribution in [-0.4, -0.2) is 15.6 Å². The van der Waals surface area contributed by atoms with E-state index in [4.69, 9.17) is 5.11 Å². The van der Waals surface area contributed by atoms with Crippen LogP contribution in [0.2, 0.25) is 0 Å². The maximum Gasteiger partial charge on any atom is 0.335 e. The predicted molar refractivity (Wildman–Crippen MR) is 99.9 cm³/mol. The van der Waals surface area contributed by atoms with Crippen molar-refractivity contribution in [3.05, 3.63) is 96.2 Å². The molecule has 0 atom stereocenters. The van der Waals surface area contributed by atoms with Crippen molar-refractivity contribution in [1.29, 1.82) is 0 Å². The number of hydrogen-bond donors (Lipinski definition) is 1. The van der Waals surface area contributed by atoms with Gasteiger partial charge in [0.25, 0.3) is 0 Å². The van der Waals surface area contributed by atoms with Gasteiger partial charge in [0.05, 0.1) is 5.56 Å². The number of carbonyl (C=O) groups is 1. The summed E-state index contributed by atoms with van der Waals surface area (Å²) >= 11 is 0. The lowest BCUT2D eigenvalue weighted by Crippen LogP contribution is -1.97. The molecular formula is C22H17NO2. The van der Waals surface area contributed by atoms with Crippen molar-refractivity contribution in [2.24, 2.45) is 0 Å². The average molecular weight is 327 g/mol. The SMILES string of the molecule is O=C(O)c1ccc(-c2ccc3c(ccn3Cc3ccccc3)c2)cc1. The van der Waals surface area contributed by atoms with Crippen LogP contribution < -0.4 is 0 Å². The first kappa shape index (κ1) is 15.2. The Labute approximate surface area is 145 Å². The molecule has 1 N–H and O–H groups in total. The second kappa shape index (κ2) is 6.29. The van der Waals surface area contributed by atoms with E-state index in [2.05, 4.69) is 59.3 Å². The van der Waals surface area contributed by atoms with E-state index in [-0.39, 0.29) is 0 Å². The van der Waals surface area contributed by atoms with Crippen LogP contribution in [0.3, 0.4) is 0 Å². The summed E-state index contributed by atoms with van der Waals surface area (Å²) in [6, 6.07) is 25.9. The Morgan fingerprint density at radius 2 is 1.56 bits per heavy atom. The molecule has 0 unspecified atom stereocenters. The molecule has 0 aliphatic rings. The Hall–Kier alpha value is -3.33. The van der Waals surface area contributed by atoms with Crippen LogP contribution in [0.1, 0.15) is 15.9 Å². The molecule has 3 heteroatoms. The summed E-state index contributed by atoms with van der Waals surface area (Å²) < 4.78 is 2.24. The lowest BCUT2D eigenvalue weighted by molar-refractivity contribution is 0.0697. The molecule has 0 amide bonds. The number of nitrogens with zero attached hydrogens (tertiary/aromatic N) is 1. The molecule has 4 aromatic rings. The molecule has 0 aliphatic heterocycles. The number of aromatic carboxylic acids is 1. The van der Waals surface area contributed by atoms with Crippen molar-refractivity contribution in [2.75, 3.05) is 0 Å². The first-order chi connectivity index (χ1) is 12.2. The van der Waals surface area contributed by atoms with Gasteiger partial charge >= 0.3 is 5.97 Å². The molecule has 0 bridgehead atoms. The molecular weight excluding hydrogens is 310 g/mol. The van der Waals surface area contributed by atoms with Gasteiger partial charge in [-0.3, -0.25) is 0 Å². The molecule has 3 nitrogen and oxygen atoms in total. The fourth-order valence-electron chi connectivity index (χ4n) is 3.10. The summed E-state index contributed by atoms with van der Waals surface area (Å²) in [5, 5.41) is 10.2. The van der Waals surface area contributed by atoms with Gasteiger partial charge in [-0.15, -0.1) is 0 Å². The number of hydrogen-bond acceptors (Lipinski definition) is 1. The summed E-state index contributed by atoms with van der Waals surface area (Å²) in [6.45, 7) is 0.844. The Balaban J connectivity index is 1.66. The minimum absolute atomic E-state index is 0.304. The van der Waals surface area contributed by atoms with E-state index >= 15 is 0 Å². The van der Waals surface area contributed by atoms with Crippen LogP contribution >= 0.6 is 0 Å². The fraction of sp³-hybridized carbons (Fsp3) is 0.0455. The van der Waals surface area contributed by atoms with Crippen molar-refractivity contribution in [3.63, 3.8) is 0 Å². The van der Waals surface area contributed by atoms with E-state index in [9.17, 15) is 4.79 Å². The molecule has 1 aromatic heterocycles. The predicted octanol–water partition coefficient (Wildman–Crippen LogP) is 5.05. The van der Waals surface area contributed by atoms with E-state index in [1.807, 2.05) is 18.2 Å². The van der Waals surface area contributed by atoms with E-state index < -0.39 is 5.97 Å². The van der Waals surface area contributed by atoms with Gasteiger partial charge in [0.1, 0.15) is 0 Å². The van der Waals surface area contributed by atoms with Crippen molar-refractivity contribution in [2.45, 2.75) is 6.54 Å². The molecule has 3 aromatic carbocycles. The lowest BCUT2D eigenvalue weighted by atomic mass is 10.0. The zero-order chi connectivity index (χ0) is 17.2. The van der Waals surface area contributed by atoms with Gasteiger partial charge in [-0.05, 0) is 47.0 Å². The van der Waals surface area contributed by atoms with E-state index in [0.717, 1.165) is 17.7 Å². The van der Waals surface area contributed by atoms with Crippen molar-refractivity contribution >= 4 is 16.9 Å². The minimum atomic E-state index is -0.903. The first-order valence-electron chi connectivity index (χ1n) is 8.17. The number of aromatic nitrogens is 1. The second-order valence-corrected chi connectivity index (χ2v) is 6.09. The monoisotopic (exact) mass is 327 g/mol. The Morgan fingerprint density at radius 3 is 2.28 bits per heavy atom. The molecule has 0 aliphatic carbocycles. The molecule has 4 rings (SSSR count). The molecule has 0 fully saturated rings. The van der Waals surface area contributed by atoms with Crippen molar-refractivity contribution < 1.29 is 9.90 Å². The maximum atomic E-state index is 11.0. The Bertz CT molecular complexity index is 1030. The standard InChI is InChI=1S/C22H17NO2/c24-22(25)18-8-6-17(7-9-18)19-10-11-21-20(14-19)12-13-23(21)15-16-4-2-1-3-5-16/h1-14H,15H2,(H,24,25). The van der Waals surface area contributed by atoms with Gasteiger partial charge in [-0.25, -0.2) is 4.79 Å². The zero-order valence-electron chi connectivity index (χ0n) is 13.6. The summed E-state index contributed by atoms with van der Waals surface area (Å²) in [7, 11) is 0. The molecule has 0 saturated carbocycles. The lowest BCUT2D eigenvalue weighted by Gasteiger charge is -2.07. The average Bonchev–Trinajstić information content (AvgIpc) is 3.05. The van der Waals surface area contributed by atoms with E-state index in [0.29, 0.717) is 5.56 Å². The number of carboxylic acids is 1. The van der Waals surface area contributed by atoms with Crippen molar-refractivity contribution in [3.8, 4) is 11.1 Å². The van der Waals surface area contributed by atoms with Crippen LogP contribution in [0, 0.1) is 0 Å². The van der Waals surface area contributed by atoms with E-state index in [1.165, 1.54) is 16.5 Å². The highest BCUT2D eigenvalue weighted by molar-refractivity contribution is 5.89. The van der Waals surface area contributed by atoms with Gasteiger partial charge in [-0.1, -0.05) is 48.5 Å². The minimum Gasteiger partial charge on any atom is -0.478 e. The molecule has 122 valence electrons. The van der Waals surface area contributed by atoms with Crippen LogP contribution in [0.4, 0.5) is 0 Å². The number of carboxylic acid groups (broad SMARTS) is 1. The number of fused-ring (bicyclic) bond motifs is 1. The highest BCUT2D eigenvalue weighted by Crippen LogP contribution is 2.26. The number of benzene rings is 3. The topological polar surface area (TPSA) is 42.2 Å². The maximum absolute atomic E-state index is 11.0. The quantitative estimate of drug-likeness (QED) is 0.569. The zero-order valence-corrected chi connectivity index (χ0v) is 13.6. The fourth-order valence-corrected chi connectivity index (χ4v) is 3.10. The largest absolute Gasteiger partial charge is 0.478 e. The Kier molecular flexibility index (Phi) is 3.82.